The Bertz CT molecular complexity index is 1160. The van der Waals surface area contributed by atoms with Gasteiger partial charge in [-0.05, 0) is 55.7 Å². The maximum absolute atomic E-state index is 13.1. The molecule has 2 heterocycles. The summed E-state index contributed by atoms with van der Waals surface area (Å²) in [6, 6.07) is 10.4. The van der Waals surface area contributed by atoms with Crippen molar-refractivity contribution in [3.8, 4) is 0 Å². The van der Waals surface area contributed by atoms with Gasteiger partial charge in [0.15, 0.2) is 0 Å². The Morgan fingerprint density at radius 3 is 2.55 bits per heavy atom. The van der Waals surface area contributed by atoms with Gasteiger partial charge in [-0.3, -0.25) is 19.7 Å². The second-order valence-electron chi connectivity index (χ2n) is 7.66. The van der Waals surface area contributed by atoms with Crippen LogP contribution < -0.4 is 10.6 Å². The Labute approximate surface area is 180 Å². The van der Waals surface area contributed by atoms with Crippen molar-refractivity contribution < 1.29 is 22.8 Å². The summed E-state index contributed by atoms with van der Waals surface area (Å²) in [6.07, 6.45) is 3.48. The van der Waals surface area contributed by atoms with Crippen LogP contribution in [0.3, 0.4) is 0 Å². The fourth-order valence-corrected chi connectivity index (χ4v) is 5.90. The maximum atomic E-state index is 13.1. The number of carbonyl (C=O) groups is 3. The summed E-state index contributed by atoms with van der Waals surface area (Å²) < 4.78 is 27.7. The summed E-state index contributed by atoms with van der Waals surface area (Å²) in [5, 5.41) is 4.83. The molecule has 2 aliphatic rings. The molecule has 0 radical (unpaired) electrons. The normalized spacial score (nSPS) is 19.1. The molecular formula is C22H23N3O5S. The quantitative estimate of drug-likeness (QED) is 0.693. The summed E-state index contributed by atoms with van der Waals surface area (Å²) in [7, 11) is -3.63. The lowest BCUT2D eigenvalue weighted by Crippen LogP contribution is -2.43. The monoisotopic (exact) mass is 441 g/mol. The summed E-state index contributed by atoms with van der Waals surface area (Å²) in [5.74, 6) is -1.58. The topological polar surface area (TPSA) is 113 Å². The van der Waals surface area contributed by atoms with Crippen molar-refractivity contribution in [3.05, 3.63) is 59.2 Å². The van der Waals surface area contributed by atoms with Gasteiger partial charge in [0.2, 0.25) is 10.0 Å². The van der Waals surface area contributed by atoms with Crippen LogP contribution in [0.15, 0.2) is 47.4 Å². The van der Waals surface area contributed by atoms with Crippen LogP contribution in [0.4, 0.5) is 5.69 Å². The van der Waals surface area contributed by atoms with Crippen LogP contribution in [-0.4, -0.2) is 43.0 Å². The van der Waals surface area contributed by atoms with E-state index < -0.39 is 27.7 Å². The number of hydrogen-bond donors (Lipinski definition) is 2. The molecule has 1 atom stereocenters. The van der Waals surface area contributed by atoms with Crippen molar-refractivity contribution >= 4 is 33.4 Å². The molecule has 0 bridgehead atoms. The molecule has 4 rings (SSSR count). The van der Waals surface area contributed by atoms with Crippen LogP contribution in [0.1, 0.15) is 63.7 Å². The van der Waals surface area contributed by atoms with Gasteiger partial charge in [0.25, 0.3) is 17.7 Å². The first-order valence-electron chi connectivity index (χ1n) is 10.2. The molecule has 0 saturated carbocycles. The Balaban J connectivity index is 1.55. The zero-order chi connectivity index (χ0) is 22.2. The van der Waals surface area contributed by atoms with Gasteiger partial charge in [-0.15, -0.1) is 0 Å². The lowest BCUT2D eigenvalue weighted by Gasteiger charge is -2.34. The van der Waals surface area contributed by atoms with Gasteiger partial charge < -0.3 is 5.32 Å². The zero-order valence-corrected chi connectivity index (χ0v) is 17.9. The van der Waals surface area contributed by atoms with Crippen molar-refractivity contribution in [2.45, 2.75) is 43.5 Å². The Morgan fingerprint density at radius 1 is 1.10 bits per heavy atom. The van der Waals surface area contributed by atoms with E-state index in [0.717, 1.165) is 25.7 Å². The first-order chi connectivity index (χ1) is 14.8. The van der Waals surface area contributed by atoms with Gasteiger partial charge in [0, 0.05) is 18.2 Å². The Morgan fingerprint density at radius 2 is 1.84 bits per heavy atom. The van der Waals surface area contributed by atoms with E-state index in [1.165, 1.54) is 36.4 Å². The molecule has 1 fully saturated rings. The molecular weight excluding hydrogens is 418 g/mol. The molecule has 9 heteroatoms. The highest BCUT2D eigenvalue weighted by molar-refractivity contribution is 7.89. The van der Waals surface area contributed by atoms with Crippen LogP contribution >= 0.6 is 0 Å². The van der Waals surface area contributed by atoms with E-state index in [2.05, 4.69) is 10.6 Å². The third kappa shape index (κ3) is 3.86. The molecule has 8 nitrogen and oxygen atoms in total. The van der Waals surface area contributed by atoms with Gasteiger partial charge in [0.1, 0.15) is 0 Å². The second-order valence-corrected chi connectivity index (χ2v) is 9.55. The first kappa shape index (κ1) is 21.2. The predicted octanol–water partition coefficient (Wildman–Crippen LogP) is 2.78. The highest BCUT2D eigenvalue weighted by atomic mass is 32.2. The molecule has 3 amide bonds. The van der Waals surface area contributed by atoms with Crippen LogP contribution in [-0.2, 0) is 10.0 Å². The summed E-state index contributed by atoms with van der Waals surface area (Å²) in [5.41, 5.74) is 0.792. The fourth-order valence-electron chi connectivity index (χ4n) is 4.13. The summed E-state index contributed by atoms with van der Waals surface area (Å²) in [4.78, 5) is 36.6. The highest BCUT2D eigenvalue weighted by Crippen LogP contribution is 2.28. The number of nitrogens with one attached hydrogen (secondary N) is 2. The van der Waals surface area contributed by atoms with Gasteiger partial charge in [-0.2, -0.15) is 4.31 Å². The van der Waals surface area contributed by atoms with Crippen molar-refractivity contribution in [1.29, 1.82) is 0 Å². The molecule has 1 saturated heterocycles. The molecule has 0 aromatic heterocycles. The number of amides is 3. The van der Waals surface area contributed by atoms with E-state index in [9.17, 15) is 22.8 Å². The zero-order valence-electron chi connectivity index (χ0n) is 17.1. The largest absolute Gasteiger partial charge is 0.321 e. The van der Waals surface area contributed by atoms with Crippen LogP contribution in [0.25, 0.3) is 0 Å². The molecule has 2 aromatic rings. The SMILES string of the molecule is CC[C@H]1CCCCN1S(=O)(=O)c1ccc(C(=O)Nc2cccc3c2C(=O)NC3=O)cc1. The van der Waals surface area contributed by atoms with Crippen molar-refractivity contribution in [1.82, 2.24) is 9.62 Å². The number of sulfonamides is 1. The average molecular weight is 442 g/mol. The molecule has 2 N–H and O–H groups in total. The minimum atomic E-state index is -3.63. The Hall–Kier alpha value is -3.04. The number of carbonyl (C=O) groups excluding carboxylic acids is 3. The fraction of sp³-hybridized carbons (Fsp3) is 0.318. The van der Waals surface area contributed by atoms with Gasteiger partial charge in [-0.25, -0.2) is 8.42 Å². The lowest BCUT2D eigenvalue weighted by molar-refractivity contribution is 0.0879. The van der Waals surface area contributed by atoms with Gasteiger partial charge in [-0.1, -0.05) is 19.4 Å². The maximum Gasteiger partial charge on any atom is 0.261 e. The summed E-state index contributed by atoms with van der Waals surface area (Å²) in [6.45, 7) is 2.49. The summed E-state index contributed by atoms with van der Waals surface area (Å²) >= 11 is 0. The molecule has 0 aliphatic carbocycles. The second kappa shape index (κ2) is 8.24. The number of anilines is 1. The number of rotatable bonds is 5. The lowest BCUT2D eigenvalue weighted by atomic mass is 10.0. The standard InChI is InChI=1S/C22H23N3O5S/c1-2-15-6-3-4-13-25(15)31(29,30)16-11-9-14(10-12-16)20(26)23-18-8-5-7-17-19(18)22(28)24-21(17)27/h5,7-12,15H,2-4,6,13H2,1H3,(H,23,26)(H,24,27,28)/t15-/m0/s1. The minimum absolute atomic E-state index is 0.00393. The van der Waals surface area contributed by atoms with Crippen molar-refractivity contribution in [2.24, 2.45) is 0 Å². The van der Waals surface area contributed by atoms with E-state index in [1.807, 2.05) is 6.92 Å². The van der Waals surface area contributed by atoms with Crippen molar-refractivity contribution in [3.63, 3.8) is 0 Å². The number of hydrogen-bond acceptors (Lipinski definition) is 5. The van der Waals surface area contributed by atoms with Crippen LogP contribution in [0, 0.1) is 0 Å². The predicted molar refractivity (Wildman–Crippen MR) is 114 cm³/mol. The molecule has 2 aromatic carbocycles. The Kier molecular flexibility index (Phi) is 5.63. The van der Waals surface area contributed by atoms with Crippen molar-refractivity contribution in [2.75, 3.05) is 11.9 Å². The van der Waals surface area contributed by atoms with Crippen LogP contribution in [0.2, 0.25) is 0 Å². The van der Waals surface area contributed by atoms with Gasteiger partial charge in [0.05, 0.1) is 21.7 Å². The van der Waals surface area contributed by atoms with Gasteiger partial charge >= 0.3 is 0 Å². The highest BCUT2D eigenvalue weighted by Gasteiger charge is 2.33. The third-order valence-electron chi connectivity index (χ3n) is 5.78. The van der Waals surface area contributed by atoms with Crippen LogP contribution in [0.5, 0.6) is 0 Å². The van der Waals surface area contributed by atoms with E-state index in [4.69, 9.17) is 0 Å². The molecule has 0 unspecified atom stereocenters. The number of piperidine rings is 1. The smallest absolute Gasteiger partial charge is 0.261 e. The average Bonchev–Trinajstić information content (AvgIpc) is 3.08. The molecule has 0 spiro atoms. The van der Waals surface area contributed by atoms with E-state index in [1.54, 1.807) is 10.4 Å². The van der Waals surface area contributed by atoms with E-state index >= 15 is 0 Å². The number of benzene rings is 2. The third-order valence-corrected chi connectivity index (χ3v) is 7.74. The van der Waals surface area contributed by atoms with E-state index in [-0.39, 0.29) is 33.3 Å². The minimum Gasteiger partial charge on any atom is -0.321 e. The molecule has 162 valence electrons. The molecule has 31 heavy (non-hydrogen) atoms. The molecule has 2 aliphatic heterocycles. The number of imide groups is 1. The number of nitrogens with zero attached hydrogens (tertiary/aromatic N) is 1. The first-order valence-corrected chi connectivity index (χ1v) is 11.7. The number of fused-ring (bicyclic) bond motifs is 1. The van der Waals surface area contributed by atoms with E-state index in [0.29, 0.717) is 6.54 Å².